The third-order valence-electron chi connectivity index (χ3n) is 5.62. The van der Waals surface area contributed by atoms with Crippen LogP contribution >= 0.6 is 11.8 Å². The molecule has 1 saturated heterocycles. The van der Waals surface area contributed by atoms with Gasteiger partial charge in [0, 0.05) is 36.8 Å². The smallest absolute Gasteiger partial charge is 0.343 e. The quantitative estimate of drug-likeness (QED) is 0.376. The van der Waals surface area contributed by atoms with Gasteiger partial charge in [-0.15, -0.1) is 0 Å². The van der Waals surface area contributed by atoms with Gasteiger partial charge in [-0.2, -0.15) is 0 Å². The van der Waals surface area contributed by atoms with Crippen molar-refractivity contribution in [1.82, 2.24) is 5.32 Å². The van der Waals surface area contributed by atoms with E-state index in [1.807, 2.05) is 36.4 Å². The van der Waals surface area contributed by atoms with Crippen LogP contribution in [-0.2, 0) is 25.5 Å². The number of ketones is 1. The van der Waals surface area contributed by atoms with Gasteiger partial charge in [0.2, 0.25) is 11.8 Å². The molecule has 0 aromatic heterocycles. The molecule has 1 fully saturated rings. The summed E-state index contributed by atoms with van der Waals surface area (Å²) in [6.45, 7) is 1.72. The van der Waals surface area contributed by atoms with Gasteiger partial charge in [-0.1, -0.05) is 48.2 Å². The summed E-state index contributed by atoms with van der Waals surface area (Å²) in [6.07, 6.45) is 2.22. The summed E-state index contributed by atoms with van der Waals surface area (Å²) in [6, 6.07) is 14.6. The molecule has 32 heavy (non-hydrogen) atoms. The van der Waals surface area contributed by atoms with E-state index in [1.165, 1.54) is 23.6 Å². The van der Waals surface area contributed by atoms with E-state index in [-0.39, 0.29) is 30.6 Å². The van der Waals surface area contributed by atoms with Crippen molar-refractivity contribution >= 4 is 41.0 Å². The van der Waals surface area contributed by atoms with Crippen LogP contribution in [0.15, 0.2) is 53.4 Å². The predicted octanol–water partition coefficient (Wildman–Crippen LogP) is 3.11. The maximum Gasteiger partial charge on any atom is 0.343 e. The molecule has 4 rings (SSSR count). The number of esters is 1. The monoisotopic (exact) mass is 452 g/mol. The molecular formula is C24H24N2O5S. The molecule has 1 unspecified atom stereocenters. The number of rotatable bonds is 8. The summed E-state index contributed by atoms with van der Waals surface area (Å²) < 4.78 is 5.42. The highest BCUT2D eigenvalue weighted by Gasteiger charge is 2.58. The lowest BCUT2D eigenvalue weighted by molar-refractivity contribution is -0.145. The normalized spacial score (nSPS) is 18.8. The third kappa shape index (κ3) is 4.27. The van der Waals surface area contributed by atoms with E-state index in [2.05, 4.69) is 5.32 Å². The molecule has 2 aliphatic heterocycles. The van der Waals surface area contributed by atoms with E-state index in [0.717, 1.165) is 29.0 Å². The topological polar surface area (TPSA) is 92.8 Å². The molecule has 0 bridgehead atoms. The van der Waals surface area contributed by atoms with Crippen LogP contribution in [0.3, 0.4) is 0 Å². The minimum absolute atomic E-state index is 0.0509. The molecule has 0 radical (unpaired) electrons. The summed E-state index contributed by atoms with van der Waals surface area (Å²) in [5, 5.41) is 2.75. The van der Waals surface area contributed by atoms with Gasteiger partial charge >= 0.3 is 5.97 Å². The number of benzene rings is 2. The van der Waals surface area contributed by atoms with Crippen molar-refractivity contribution in [3.8, 4) is 0 Å². The highest BCUT2D eigenvalue weighted by atomic mass is 32.2. The number of hydrogen-bond acceptors (Lipinski definition) is 6. The minimum Gasteiger partial charge on any atom is -0.455 e. The van der Waals surface area contributed by atoms with E-state index in [0.29, 0.717) is 18.5 Å². The number of amides is 2. The predicted molar refractivity (Wildman–Crippen MR) is 120 cm³/mol. The van der Waals surface area contributed by atoms with Crippen LogP contribution in [0.1, 0.15) is 42.1 Å². The fourth-order valence-electron chi connectivity index (χ4n) is 4.01. The highest BCUT2D eigenvalue weighted by Crippen LogP contribution is 2.56. The Labute approximate surface area is 190 Å². The molecule has 0 spiro atoms. The van der Waals surface area contributed by atoms with Crippen LogP contribution in [-0.4, -0.2) is 41.6 Å². The molecule has 2 amide bonds. The van der Waals surface area contributed by atoms with Gasteiger partial charge in [0.05, 0.1) is 5.69 Å². The molecule has 1 atom stereocenters. The Morgan fingerprint density at radius 3 is 2.62 bits per heavy atom. The summed E-state index contributed by atoms with van der Waals surface area (Å²) in [5.41, 5.74) is 2.24. The first-order valence-electron chi connectivity index (χ1n) is 10.6. The molecule has 166 valence electrons. The van der Waals surface area contributed by atoms with Crippen molar-refractivity contribution in [1.29, 1.82) is 0 Å². The molecule has 2 heterocycles. The fraction of sp³-hybridized carbons (Fsp3) is 0.333. The first-order valence-corrected chi connectivity index (χ1v) is 11.4. The molecule has 2 aromatic carbocycles. The largest absolute Gasteiger partial charge is 0.455 e. The van der Waals surface area contributed by atoms with Gasteiger partial charge in [-0.3, -0.25) is 19.3 Å². The van der Waals surface area contributed by atoms with Gasteiger partial charge in [0.15, 0.2) is 17.3 Å². The van der Waals surface area contributed by atoms with Crippen LogP contribution < -0.4 is 10.2 Å². The Morgan fingerprint density at radius 1 is 1.12 bits per heavy atom. The van der Waals surface area contributed by atoms with Crippen LogP contribution in [0.4, 0.5) is 5.69 Å². The zero-order valence-corrected chi connectivity index (χ0v) is 18.6. The number of para-hydroxylation sites is 1. The summed E-state index contributed by atoms with van der Waals surface area (Å²) in [4.78, 5) is 50.2. The van der Waals surface area contributed by atoms with Crippen LogP contribution in [0.2, 0.25) is 0 Å². The Morgan fingerprint density at radius 2 is 1.88 bits per heavy atom. The zero-order valence-electron chi connectivity index (χ0n) is 17.8. The molecule has 0 saturated carbocycles. The lowest BCUT2D eigenvalue weighted by atomic mass is 10.1. The molecular weight excluding hydrogens is 428 g/mol. The van der Waals surface area contributed by atoms with Crippen molar-refractivity contribution < 1.29 is 23.9 Å². The fourth-order valence-corrected chi connectivity index (χ4v) is 5.43. The SMILES string of the molecule is CC(=O)NCCCc1ccc(C(=O)COC(=O)C23CCC(=O)N2c2ccccc2S3)cc1. The zero-order chi connectivity index (χ0) is 22.7. The number of nitrogens with zero attached hydrogens (tertiary/aromatic N) is 1. The van der Waals surface area contributed by atoms with Crippen LogP contribution in [0, 0.1) is 0 Å². The highest BCUT2D eigenvalue weighted by molar-refractivity contribution is 8.02. The second kappa shape index (κ2) is 9.16. The first-order chi connectivity index (χ1) is 15.4. The van der Waals surface area contributed by atoms with E-state index < -0.39 is 10.8 Å². The van der Waals surface area contributed by atoms with E-state index in [1.54, 1.807) is 12.1 Å². The van der Waals surface area contributed by atoms with Crippen molar-refractivity contribution in [2.24, 2.45) is 0 Å². The first kappa shape index (κ1) is 22.1. The van der Waals surface area contributed by atoms with Crippen molar-refractivity contribution in [3.05, 3.63) is 59.7 Å². The van der Waals surface area contributed by atoms with Crippen molar-refractivity contribution in [2.45, 2.75) is 42.4 Å². The number of Topliss-reactive ketones (excluding diaryl/α,β-unsaturated/α-hetero) is 1. The number of thioether (sulfide) groups is 1. The number of nitrogens with one attached hydrogen (secondary N) is 1. The second-order valence-electron chi connectivity index (χ2n) is 7.87. The van der Waals surface area contributed by atoms with Crippen molar-refractivity contribution in [2.75, 3.05) is 18.1 Å². The Kier molecular flexibility index (Phi) is 6.32. The molecule has 2 aliphatic rings. The standard InChI is InChI=1S/C24H24N2O5S/c1-16(27)25-14-4-5-17-8-10-18(11-9-17)20(28)15-31-23(30)24-13-12-22(29)26(24)19-6-2-3-7-21(19)32-24/h2-3,6-11H,4-5,12-15H2,1H3,(H,25,27). The summed E-state index contributed by atoms with van der Waals surface area (Å²) in [5.74, 6) is -1.02. The van der Waals surface area contributed by atoms with E-state index >= 15 is 0 Å². The molecule has 7 nitrogen and oxygen atoms in total. The lowest BCUT2D eigenvalue weighted by Gasteiger charge is -2.28. The molecule has 1 N–H and O–H groups in total. The number of anilines is 1. The van der Waals surface area contributed by atoms with Gasteiger partial charge < -0.3 is 10.1 Å². The number of fused-ring (bicyclic) bond motifs is 3. The minimum atomic E-state index is -1.13. The number of aryl methyl sites for hydroxylation is 1. The average Bonchev–Trinajstić information content (AvgIpc) is 3.30. The average molecular weight is 453 g/mol. The summed E-state index contributed by atoms with van der Waals surface area (Å²) >= 11 is 1.32. The van der Waals surface area contributed by atoms with Gasteiger partial charge in [0.25, 0.3) is 0 Å². The lowest BCUT2D eigenvalue weighted by Crippen LogP contribution is -2.48. The van der Waals surface area contributed by atoms with Crippen molar-refractivity contribution in [3.63, 3.8) is 0 Å². The molecule has 8 heteroatoms. The third-order valence-corrected chi connectivity index (χ3v) is 7.07. The molecule has 0 aliphatic carbocycles. The van der Waals surface area contributed by atoms with Crippen LogP contribution in [0.25, 0.3) is 0 Å². The Balaban J connectivity index is 1.35. The van der Waals surface area contributed by atoms with Crippen LogP contribution in [0.5, 0.6) is 0 Å². The Hall–Kier alpha value is -3.13. The van der Waals surface area contributed by atoms with Gasteiger partial charge in [0.1, 0.15) is 0 Å². The Bertz CT molecular complexity index is 1070. The molecule has 2 aromatic rings. The second-order valence-corrected chi connectivity index (χ2v) is 9.19. The van der Waals surface area contributed by atoms with Gasteiger partial charge in [-0.25, -0.2) is 4.79 Å². The number of carbonyl (C=O) groups excluding carboxylic acids is 4. The van der Waals surface area contributed by atoms with E-state index in [9.17, 15) is 19.2 Å². The maximum atomic E-state index is 13.0. The van der Waals surface area contributed by atoms with E-state index in [4.69, 9.17) is 4.74 Å². The summed E-state index contributed by atoms with van der Waals surface area (Å²) in [7, 11) is 0. The number of hydrogen-bond donors (Lipinski definition) is 1. The number of ether oxygens (including phenoxy) is 1. The number of carbonyl (C=O) groups is 4. The maximum absolute atomic E-state index is 13.0. The van der Waals surface area contributed by atoms with Gasteiger partial charge in [-0.05, 0) is 30.5 Å².